The topological polar surface area (TPSA) is 46.2 Å². The van der Waals surface area contributed by atoms with Gasteiger partial charge in [-0.05, 0) is 0 Å². The minimum absolute atomic E-state index is 3.00. The molecule has 0 unspecified atom stereocenters. The maximum atomic E-state index is 6.50. The predicted octanol–water partition coefficient (Wildman–Crippen LogP) is 2.54. The number of nitrogens with two attached hydrogens (primary N) is 1. The van der Waals surface area contributed by atoms with Gasteiger partial charge in [-0.25, -0.2) is 5.90 Å². The van der Waals surface area contributed by atoms with Crippen LogP contribution in [0.4, 0.5) is 0 Å². The Morgan fingerprint density at radius 1 is 0.500 bits per heavy atom. The summed E-state index contributed by atoms with van der Waals surface area (Å²) in [5.74, 6) is 3.50. The lowest BCUT2D eigenvalue weighted by atomic mass is 11.3. The van der Waals surface area contributed by atoms with Crippen LogP contribution in [0.25, 0.3) is 0 Å². The van der Waals surface area contributed by atoms with E-state index in [-0.39, 0.29) is 0 Å². The lowest BCUT2D eigenvalue weighted by molar-refractivity contribution is 0.311. The number of hydrogen-bond acceptors (Lipinski definition) is 2. The first kappa shape index (κ1) is 36.6. The van der Waals surface area contributed by atoms with Crippen LogP contribution < -0.4 is 5.90 Å². The van der Waals surface area contributed by atoms with Gasteiger partial charge in [0.15, 0.2) is 0 Å². The summed E-state index contributed by atoms with van der Waals surface area (Å²) in [7, 11) is 0. The van der Waals surface area contributed by atoms with Crippen LogP contribution in [-0.4, -0.2) is 5.21 Å². The summed E-state index contributed by atoms with van der Waals surface area (Å²) in [6.45, 7) is 24.0. The zero-order chi connectivity index (χ0) is 10.0. The Morgan fingerprint density at radius 3 is 0.500 bits per heavy atom. The molecule has 62 valence electrons. The standard InChI is InChI=1S/4C2H4.H3NO/c5*1-2/h4*1-2H2;2H,1H2. The molecule has 0 amide bonds. The van der Waals surface area contributed by atoms with Crippen LogP contribution in [0.15, 0.2) is 52.6 Å². The lowest BCUT2D eigenvalue weighted by Crippen LogP contribution is -1.72. The fourth-order valence-corrected chi connectivity index (χ4v) is 0. The molecule has 0 aromatic rings. The van der Waals surface area contributed by atoms with Crippen molar-refractivity contribution in [2.75, 3.05) is 0 Å². The molecule has 0 aromatic carbocycles. The van der Waals surface area contributed by atoms with Gasteiger partial charge in [0, 0.05) is 0 Å². The lowest BCUT2D eigenvalue weighted by Gasteiger charge is -1.27. The van der Waals surface area contributed by atoms with E-state index in [1.807, 2.05) is 0 Å². The molecular weight excluding hydrogens is 126 g/mol. The van der Waals surface area contributed by atoms with Gasteiger partial charge >= 0.3 is 0 Å². The molecule has 2 nitrogen and oxygen atoms in total. The Morgan fingerprint density at radius 2 is 0.500 bits per heavy atom. The molecule has 0 rings (SSSR count). The molecule has 0 radical (unpaired) electrons. The Hall–Kier alpha value is -1.12. The van der Waals surface area contributed by atoms with E-state index in [0.29, 0.717) is 0 Å². The number of rotatable bonds is 0. The fraction of sp³-hybridized carbons (Fsp3) is 0. The third-order valence-electron chi connectivity index (χ3n) is 0. The van der Waals surface area contributed by atoms with E-state index in [9.17, 15) is 0 Å². The van der Waals surface area contributed by atoms with E-state index >= 15 is 0 Å². The molecule has 0 saturated carbocycles. The Kier molecular flexibility index (Phi) is 1090. The summed E-state index contributed by atoms with van der Waals surface area (Å²) >= 11 is 0. The van der Waals surface area contributed by atoms with Crippen LogP contribution in [0.5, 0.6) is 0 Å². The predicted molar refractivity (Wildman–Crippen MR) is 51.0 cm³/mol. The molecule has 0 aliphatic carbocycles. The molecule has 0 atom stereocenters. The molecule has 0 saturated heterocycles. The molecule has 3 N–H and O–H groups in total. The molecule has 2 heteroatoms. The minimum Gasteiger partial charge on any atom is -0.320 e. The average molecular weight is 145 g/mol. The van der Waals surface area contributed by atoms with Gasteiger partial charge < -0.3 is 5.21 Å². The van der Waals surface area contributed by atoms with E-state index in [1.165, 1.54) is 0 Å². The molecule has 0 aliphatic heterocycles. The van der Waals surface area contributed by atoms with Crippen molar-refractivity contribution in [1.82, 2.24) is 0 Å². The van der Waals surface area contributed by atoms with Crippen molar-refractivity contribution in [3.05, 3.63) is 52.6 Å². The van der Waals surface area contributed by atoms with E-state index in [2.05, 4.69) is 58.5 Å². The first-order valence-electron chi connectivity index (χ1n) is 2.26. The van der Waals surface area contributed by atoms with Gasteiger partial charge in [-0.15, -0.1) is 52.6 Å². The largest absolute Gasteiger partial charge is 0.320 e. The van der Waals surface area contributed by atoms with Crippen LogP contribution in [-0.2, 0) is 0 Å². The van der Waals surface area contributed by atoms with Crippen molar-refractivity contribution < 1.29 is 5.21 Å². The van der Waals surface area contributed by atoms with Crippen LogP contribution >= 0.6 is 0 Å². The summed E-state index contributed by atoms with van der Waals surface area (Å²) < 4.78 is 0. The average Bonchev–Trinajstić information content (AvgIpc) is 2.20. The van der Waals surface area contributed by atoms with E-state index in [0.717, 1.165) is 0 Å². The smallest absolute Gasteiger partial charge is 0.106 e. The summed E-state index contributed by atoms with van der Waals surface area (Å²) in [6.07, 6.45) is 0. The Bertz CT molecular complexity index is 17.2. The second kappa shape index (κ2) is 297. The number of hydrogen-bond donors (Lipinski definition) is 2. The van der Waals surface area contributed by atoms with Crippen molar-refractivity contribution in [2.45, 2.75) is 0 Å². The molecule has 0 aliphatic rings. The second-order valence-corrected chi connectivity index (χ2v) is 0. The highest BCUT2D eigenvalue weighted by molar-refractivity contribution is 4.23. The normalized spacial score (nSPS) is 2.20. The second-order valence-electron chi connectivity index (χ2n) is 0. The minimum atomic E-state index is 3.00. The van der Waals surface area contributed by atoms with Crippen molar-refractivity contribution in [3.8, 4) is 0 Å². The van der Waals surface area contributed by atoms with Crippen molar-refractivity contribution in [1.29, 1.82) is 0 Å². The SMILES string of the molecule is C=C.C=C.C=C.C=C.NO. The molecule has 0 spiro atoms. The quantitative estimate of drug-likeness (QED) is 0.406. The third kappa shape index (κ3) is 190. The summed E-state index contributed by atoms with van der Waals surface area (Å²) in [4.78, 5) is 0. The highest BCUT2D eigenvalue weighted by Gasteiger charge is 0.732. The van der Waals surface area contributed by atoms with Gasteiger partial charge in [0.05, 0.1) is 0 Å². The van der Waals surface area contributed by atoms with E-state index in [1.54, 1.807) is 0 Å². The van der Waals surface area contributed by atoms with Gasteiger partial charge in [-0.2, -0.15) is 0 Å². The summed E-state index contributed by atoms with van der Waals surface area (Å²) in [5, 5.41) is 6.50. The first-order chi connectivity index (χ1) is 5.00. The maximum absolute atomic E-state index is 6.50. The fourth-order valence-electron chi connectivity index (χ4n) is 0. The van der Waals surface area contributed by atoms with Crippen LogP contribution in [0.2, 0.25) is 0 Å². The van der Waals surface area contributed by atoms with Crippen molar-refractivity contribution in [3.63, 3.8) is 0 Å². The van der Waals surface area contributed by atoms with E-state index < -0.39 is 0 Å². The monoisotopic (exact) mass is 145 g/mol. The molecule has 0 fully saturated rings. The summed E-state index contributed by atoms with van der Waals surface area (Å²) in [5.41, 5.74) is 0. The van der Waals surface area contributed by atoms with Crippen LogP contribution in [0.1, 0.15) is 0 Å². The van der Waals surface area contributed by atoms with Gasteiger partial charge in [-0.1, -0.05) is 0 Å². The molecule has 0 aromatic heterocycles. The zero-order valence-electron chi connectivity index (χ0n) is 6.68. The van der Waals surface area contributed by atoms with Gasteiger partial charge in [0.2, 0.25) is 0 Å². The molecular formula is C8H19NO. The van der Waals surface area contributed by atoms with Crippen LogP contribution in [0.3, 0.4) is 0 Å². The van der Waals surface area contributed by atoms with Gasteiger partial charge in [0.25, 0.3) is 0 Å². The maximum Gasteiger partial charge on any atom is -0.106 e. The molecule has 10 heavy (non-hydrogen) atoms. The zero-order valence-corrected chi connectivity index (χ0v) is 6.68. The summed E-state index contributed by atoms with van der Waals surface area (Å²) in [6, 6.07) is 0. The Labute approximate surface area is 64.6 Å². The molecule has 0 heterocycles. The van der Waals surface area contributed by atoms with Crippen LogP contribution in [0, 0.1) is 0 Å². The van der Waals surface area contributed by atoms with Gasteiger partial charge in [0.1, 0.15) is 0 Å². The van der Waals surface area contributed by atoms with Crippen molar-refractivity contribution in [2.24, 2.45) is 5.90 Å². The Balaban J connectivity index is -0.0000000104. The molecule has 0 bridgehead atoms. The first-order valence-corrected chi connectivity index (χ1v) is 2.26. The van der Waals surface area contributed by atoms with E-state index in [4.69, 9.17) is 5.21 Å². The van der Waals surface area contributed by atoms with Gasteiger partial charge in [-0.3, -0.25) is 0 Å². The third-order valence-corrected chi connectivity index (χ3v) is 0. The highest BCUT2D eigenvalue weighted by Crippen LogP contribution is 0.868. The van der Waals surface area contributed by atoms with Crippen molar-refractivity contribution >= 4 is 0 Å². The highest BCUT2D eigenvalue weighted by atomic mass is 16.4.